The quantitative estimate of drug-likeness (QED) is 0.784. The van der Waals surface area contributed by atoms with Crippen molar-refractivity contribution >= 4 is 10.9 Å². The SMILES string of the molecule is CCC1=C[C@H]2CCc3[nH]c4ccccc4c3CCN(C1)C2. The lowest BCUT2D eigenvalue weighted by Gasteiger charge is -2.31. The Hall–Kier alpha value is -1.54. The van der Waals surface area contributed by atoms with E-state index in [1.54, 1.807) is 11.1 Å². The first kappa shape index (κ1) is 13.1. The molecule has 0 saturated carbocycles. The van der Waals surface area contributed by atoms with Crippen LogP contribution in [-0.4, -0.2) is 29.5 Å². The van der Waals surface area contributed by atoms with Gasteiger partial charge in [-0.15, -0.1) is 0 Å². The summed E-state index contributed by atoms with van der Waals surface area (Å²) < 4.78 is 0. The van der Waals surface area contributed by atoms with Crippen molar-refractivity contribution < 1.29 is 0 Å². The molecule has 0 spiro atoms. The van der Waals surface area contributed by atoms with E-state index in [0.717, 1.165) is 5.92 Å². The molecule has 2 nitrogen and oxygen atoms in total. The monoisotopic (exact) mass is 280 g/mol. The molecule has 1 unspecified atom stereocenters. The van der Waals surface area contributed by atoms with Crippen LogP contribution < -0.4 is 0 Å². The molecule has 2 atom stereocenters. The van der Waals surface area contributed by atoms with E-state index in [-0.39, 0.29) is 0 Å². The highest BCUT2D eigenvalue weighted by molar-refractivity contribution is 5.84. The molecule has 4 rings (SSSR count). The van der Waals surface area contributed by atoms with Crippen molar-refractivity contribution in [2.24, 2.45) is 5.92 Å². The van der Waals surface area contributed by atoms with Crippen LogP contribution >= 0.6 is 0 Å². The topological polar surface area (TPSA) is 19.0 Å². The normalized spacial score (nSPS) is 25.7. The van der Waals surface area contributed by atoms with Gasteiger partial charge in [0.2, 0.25) is 0 Å². The third kappa shape index (κ3) is 2.42. The van der Waals surface area contributed by atoms with Gasteiger partial charge in [0.1, 0.15) is 0 Å². The van der Waals surface area contributed by atoms with E-state index < -0.39 is 0 Å². The van der Waals surface area contributed by atoms with Gasteiger partial charge >= 0.3 is 0 Å². The molecular weight excluding hydrogens is 256 g/mol. The molecule has 0 aliphatic carbocycles. The fourth-order valence-electron chi connectivity index (χ4n) is 4.05. The average molecular weight is 280 g/mol. The zero-order valence-corrected chi connectivity index (χ0v) is 12.9. The standard InChI is InChI=1S/C19H24N2/c1-2-14-11-15-7-8-19-17(9-10-21(12-14)13-15)16-5-3-4-6-18(16)20-19/h3-6,11,15,20H,2,7-10,12-13H2,1H3/t15-/m1/s1. The highest BCUT2D eigenvalue weighted by Crippen LogP contribution is 2.29. The Morgan fingerprint density at radius 3 is 3.05 bits per heavy atom. The summed E-state index contributed by atoms with van der Waals surface area (Å²) in [5.41, 5.74) is 6.00. The van der Waals surface area contributed by atoms with Crippen LogP contribution in [0, 0.1) is 5.92 Å². The summed E-state index contributed by atoms with van der Waals surface area (Å²) in [5.74, 6) is 0.742. The van der Waals surface area contributed by atoms with Crippen LogP contribution in [0.3, 0.4) is 0 Å². The largest absolute Gasteiger partial charge is 0.358 e. The van der Waals surface area contributed by atoms with Gasteiger partial charge in [0, 0.05) is 36.2 Å². The van der Waals surface area contributed by atoms with Crippen molar-refractivity contribution in [2.75, 3.05) is 19.6 Å². The Bertz CT molecular complexity index is 680. The Labute approximate surface area is 126 Å². The number of benzene rings is 1. The van der Waals surface area contributed by atoms with Crippen LogP contribution in [0.4, 0.5) is 0 Å². The second-order valence-corrected chi connectivity index (χ2v) is 6.59. The lowest BCUT2D eigenvalue weighted by atomic mass is 9.94. The third-order valence-corrected chi connectivity index (χ3v) is 5.19. The van der Waals surface area contributed by atoms with E-state index in [0.29, 0.717) is 0 Å². The molecule has 2 bridgehead atoms. The second kappa shape index (κ2) is 5.34. The predicted octanol–water partition coefficient (Wildman–Crippen LogP) is 3.92. The summed E-state index contributed by atoms with van der Waals surface area (Å²) in [4.78, 5) is 6.34. The van der Waals surface area contributed by atoms with Gasteiger partial charge in [-0.3, -0.25) is 4.90 Å². The fourth-order valence-corrected chi connectivity index (χ4v) is 4.05. The Morgan fingerprint density at radius 1 is 1.24 bits per heavy atom. The van der Waals surface area contributed by atoms with Gasteiger partial charge in [-0.1, -0.05) is 36.8 Å². The number of hydrogen-bond acceptors (Lipinski definition) is 1. The van der Waals surface area contributed by atoms with E-state index in [1.165, 1.54) is 61.9 Å². The zero-order valence-electron chi connectivity index (χ0n) is 12.9. The van der Waals surface area contributed by atoms with Crippen LogP contribution in [0.2, 0.25) is 0 Å². The molecule has 1 N–H and O–H groups in total. The molecule has 0 saturated heterocycles. The van der Waals surface area contributed by atoms with E-state index in [9.17, 15) is 0 Å². The Balaban J connectivity index is 1.70. The molecule has 2 aromatic rings. The van der Waals surface area contributed by atoms with Crippen molar-refractivity contribution in [1.29, 1.82) is 0 Å². The van der Waals surface area contributed by atoms with Crippen molar-refractivity contribution in [3.63, 3.8) is 0 Å². The highest BCUT2D eigenvalue weighted by Gasteiger charge is 2.23. The van der Waals surface area contributed by atoms with Crippen LogP contribution in [-0.2, 0) is 12.8 Å². The fraction of sp³-hybridized carbons (Fsp3) is 0.474. The number of aryl methyl sites for hydroxylation is 1. The van der Waals surface area contributed by atoms with E-state index in [4.69, 9.17) is 0 Å². The number of aromatic amines is 1. The number of para-hydroxylation sites is 1. The average Bonchev–Trinajstić information content (AvgIpc) is 2.89. The van der Waals surface area contributed by atoms with Gasteiger partial charge in [0.05, 0.1) is 0 Å². The molecule has 2 heteroatoms. The first-order valence-electron chi connectivity index (χ1n) is 8.34. The minimum Gasteiger partial charge on any atom is -0.358 e. The maximum atomic E-state index is 3.68. The number of H-pyrrole nitrogens is 1. The van der Waals surface area contributed by atoms with E-state index >= 15 is 0 Å². The first-order chi connectivity index (χ1) is 10.3. The molecule has 0 amide bonds. The highest BCUT2D eigenvalue weighted by atomic mass is 15.1. The molecule has 0 radical (unpaired) electrons. The molecular formula is C19H24N2. The van der Waals surface area contributed by atoms with E-state index in [1.807, 2.05) is 0 Å². The number of rotatable bonds is 1. The molecule has 1 aromatic carbocycles. The summed E-state index contributed by atoms with van der Waals surface area (Å²) >= 11 is 0. The van der Waals surface area contributed by atoms with Gasteiger partial charge in [-0.05, 0) is 43.2 Å². The Morgan fingerprint density at radius 2 is 2.14 bits per heavy atom. The van der Waals surface area contributed by atoms with Gasteiger partial charge in [-0.25, -0.2) is 0 Å². The summed E-state index contributed by atoms with van der Waals surface area (Å²) in [5, 5.41) is 1.44. The molecule has 110 valence electrons. The second-order valence-electron chi connectivity index (χ2n) is 6.59. The van der Waals surface area contributed by atoms with Gasteiger partial charge in [0.25, 0.3) is 0 Å². The van der Waals surface area contributed by atoms with Gasteiger partial charge in [-0.2, -0.15) is 0 Å². The predicted molar refractivity (Wildman–Crippen MR) is 88.6 cm³/mol. The minimum atomic E-state index is 0.742. The summed E-state index contributed by atoms with van der Waals surface area (Å²) in [6.45, 7) is 5.93. The van der Waals surface area contributed by atoms with Gasteiger partial charge < -0.3 is 4.98 Å². The molecule has 0 fully saturated rings. The molecule has 2 aliphatic rings. The van der Waals surface area contributed by atoms with E-state index in [2.05, 4.69) is 47.1 Å². The van der Waals surface area contributed by atoms with Crippen molar-refractivity contribution in [2.45, 2.75) is 32.6 Å². The lowest BCUT2D eigenvalue weighted by Crippen LogP contribution is -2.35. The smallest absolute Gasteiger partial charge is 0.0458 e. The number of nitrogens with zero attached hydrogens (tertiary/aromatic N) is 1. The van der Waals surface area contributed by atoms with Crippen molar-refractivity contribution in [3.05, 3.63) is 47.2 Å². The number of hydrogen-bond donors (Lipinski definition) is 1. The Kier molecular flexibility index (Phi) is 3.34. The maximum absolute atomic E-state index is 3.68. The summed E-state index contributed by atoms with van der Waals surface area (Å²) in [6, 6.07) is 8.79. The lowest BCUT2D eigenvalue weighted by molar-refractivity contribution is 0.249. The molecule has 21 heavy (non-hydrogen) atoms. The van der Waals surface area contributed by atoms with Gasteiger partial charge in [0.15, 0.2) is 0 Å². The van der Waals surface area contributed by atoms with Crippen LogP contribution in [0.5, 0.6) is 0 Å². The zero-order chi connectivity index (χ0) is 14.2. The summed E-state index contributed by atoms with van der Waals surface area (Å²) in [6.07, 6.45) is 7.42. The number of nitrogens with one attached hydrogen (secondary N) is 1. The van der Waals surface area contributed by atoms with Crippen molar-refractivity contribution in [1.82, 2.24) is 9.88 Å². The first-order valence-corrected chi connectivity index (χ1v) is 8.34. The molecule has 2 aliphatic heterocycles. The van der Waals surface area contributed by atoms with Crippen LogP contribution in [0.15, 0.2) is 35.9 Å². The maximum Gasteiger partial charge on any atom is 0.0458 e. The molecule has 1 aromatic heterocycles. The minimum absolute atomic E-state index is 0.742. The summed E-state index contributed by atoms with van der Waals surface area (Å²) in [7, 11) is 0. The third-order valence-electron chi connectivity index (χ3n) is 5.19. The number of aromatic nitrogens is 1. The van der Waals surface area contributed by atoms with Crippen LogP contribution in [0.1, 0.15) is 31.0 Å². The van der Waals surface area contributed by atoms with Crippen molar-refractivity contribution in [3.8, 4) is 0 Å². The number of fused-ring (bicyclic) bond motifs is 5. The van der Waals surface area contributed by atoms with Crippen LogP contribution in [0.25, 0.3) is 10.9 Å². The molecule has 3 heterocycles.